The van der Waals surface area contributed by atoms with Crippen LogP contribution in [0.25, 0.3) is 21.8 Å². The minimum atomic E-state index is -0.769. The van der Waals surface area contributed by atoms with Gasteiger partial charge in [-0.1, -0.05) is 63.9 Å². The van der Waals surface area contributed by atoms with E-state index in [9.17, 15) is 24.3 Å². The van der Waals surface area contributed by atoms with Crippen molar-refractivity contribution < 1.29 is 29.0 Å². The Morgan fingerprint density at radius 3 is 2.46 bits per heavy atom. The first-order valence-corrected chi connectivity index (χ1v) is 23.6. The van der Waals surface area contributed by atoms with Crippen LogP contribution in [0.5, 0.6) is 5.75 Å². The third-order valence-electron chi connectivity index (χ3n) is 12.0. The van der Waals surface area contributed by atoms with Crippen molar-refractivity contribution in [2.45, 2.75) is 110 Å². The highest BCUT2D eigenvalue weighted by molar-refractivity contribution is 7.13. The molecular weight excluding hydrogens is 843 g/mol. The topological polar surface area (TPSA) is 195 Å². The van der Waals surface area contributed by atoms with Gasteiger partial charge in [0.15, 0.2) is 0 Å². The van der Waals surface area contributed by atoms with Crippen LogP contribution in [0.3, 0.4) is 0 Å². The fourth-order valence-electron chi connectivity index (χ4n) is 8.31. The molecule has 0 bridgehead atoms. The van der Waals surface area contributed by atoms with E-state index in [1.807, 2.05) is 81.7 Å². The van der Waals surface area contributed by atoms with Gasteiger partial charge >= 0.3 is 0 Å². The second kappa shape index (κ2) is 21.7. The predicted octanol–water partition coefficient (Wildman–Crippen LogP) is 7.28. The number of unbranched alkanes of at least 4 members (excludes halogenated alkanes) is 3. The number of amides is 4. The number of nitrogens with one attached hydrogen (secondary N) is 4. The molecule has 3 aromatic heterocycles. The SMILES string of the molecule is Cc1ncsc1-c1ccc(CNC(=O)[C@@H]2CCCN2C(=O)[C@@H](NC(=O)CCCCCCOc2ccc(NC(=O)c3cccc(-c4ccn[nH]4)n3)c(N3CCC(O)CC3)c2)C(C)(C)C)cc1. The predicted molar refractivity (Wildman–Crippen MR) is 253 cm³/mol. The van der Waals surface area contributed by atoms with Crippen LogP contribution < -0.4 is 25.6 Å². The molecule has 2 saturated heterocycles. The normalized spacial score (nSPS) is 16.0. The molecular formula is C49H61N9O6S. The lowest BCUT2D eigenvalue weighted by Crippen LogP contribution is -2.57. The van der Waals surface area contributed by atoms with Crippen molar-refractivity contribution in [2.75, 3.05) is 36.5 Å². The fourth-order valence-corrected chi connectivity index (χ4v) is 9.12. The Balaban J connectivity index is 0.855. The number of likely N-dealkylation sites (tertiary alicyclic amines) is 1. The third-order valence-corrected chi connectivity index (χ3v) is 13.0. The van der Waals surface area contributed by atoms with Gasteiger partial charge < -0.3 is 35.6 Å². The second-order valence-corrected chi connectivity index (χ2v) is 18.8. The van der Waals surface area contributed by atoms with E-state index < -0.39 is 17.5 Å². The zero-order valence-corrected chi connectivity index (χ0v) is 38.6. The number of aliphatic hydroxyl groups excluding tert-OH is 1. The number of thiazole rings is 1. The largest absolute Gasteiger partial charge is 0.494 e. The average molecular weight is 904 g/mol. The van der Waals surface area contributed by atoms with E-state index in [4.69, 9.17) is 4.74 Å². The van der Waals surface area contributed by atoms with Crippen molar-refractivity contribution in [1.82, 2.24) is 35.7 Å². The van der Waals surface area contributed by atoms with Crippen molar-refractivity contribution >= 4 is 46.3 Å². The Labute approximate surface area is 384 Å². The number of aromatic amines is 1. The molecule has 0 unspecified atom stereocenters. The van der Waals surface area contributed by atoms with E-state index in [0.29, 0.717) is 81.3 Å². The summed E-state index contributed by atoms with van der Waals surface area (Å²) in [5, 5.41) is 26.1. The van der Waals surface area contributed by atoms with Crippen LogP contribution in [0, 0.1) is 12.3 Å². The van der Waals surface area contributed by atoms with E-state index in [0.717, 1.165) is 53.1 Å². The van der Waals surface area contributed by atoms with E-state index in [2.05, 4.69) is 41.0 Å². The molecule has 0 aliphatic carbocycles. The van der Waals surface area contributed by atoms with Gasteiger partial charge in [0.05, 0.1) is 51.6 Å². The van der Waals surface area contributed by atoms with Gasteiger partial charge in [-0.25, -0.2) is 9.97 Å². The summed E-state index contributed by atoms with van der Waals surface area (Å²) in [5.41, 5.74) is 7.36. The highest BCUT2D eigenvalue weighted by Gasteiger charge is 2.41. The molecule has 15 nitrogen and oxygen atoms in total. The molecule has 16 heteroatoms. The molecule has 0 radical (unpaired) electrons. The Hall–Kier alpha value is -6.13. The molecule has 2 atom stereocenters. The van der Waals surface area contributed by atoms with Crippen LogP contribution in [-0.2, 0) is 20.9 Å². The smallest absolute Gasteiger partial charge is 0.274 e. The first-order chi connectivity index (χ1) is 31.3. The highest BCUT2D eigenvalue weighted by atomic mass is 32.1. The van der Waals surface area contributed by atoms with Crippen molar-refractivity contribution in [3.8, 4) is 27.6 Å². The van der Waals surface area contributed by atoms with Crippen molar-refractivity contribution in [1.29, 1.82) is 0 Å². The number of hydrogen-bond acceptors (Lipinski definition) is 11. The molecule has 5 N–H and O–H groups in total. The van der Waals surface area contributed by atoms with Gasteiger partial charge in [0, 0.05) is 44.9 Å². The number of carbonyl (C=O) groups is 4. The number of rotatable bonds is 18. The van der Waals surface area contributed by atoms with Gasteiger partial charge in [0.2, 0.25) is 17.7 Å². The quantitative estimate of drug-likeness (QED) is 0.0558. The van der Waals surface area contributed by atoms with Crippen LogP contribution in [0.1, 0.15) is 100 Å². The number of ether oxygens (including phenoxy) is 1. The van der Waals surface area contributed by atoms with Crippen LogP contribution in [0.4, 0.5) is 11.4 Å². The molecule has 5 heterocycles. The van der Waals surface area contributed by atoms with Crippen LogP contribution in [-0.4, -0.2) is 98.2 Å². The standard InChI is InChI=1S/C49H61N9O6S/c1-32-44(65-31-51-32)34-17-15-33(16-18-34)30-50-47(62)41-13-10-25-58(41)48(63)45(49(2,3)4)55-43(60)14-7-5-6-8-28-64-36-19-20-39(42(29-36)57-26-22-35(59)23-27-57)54-46(61)40-12-9-11-37(53-40)38-21-24-52-56-38/h9,11-12,15-21,24,29,31,35,41,45,59H,5-8,10,13-14,22-23,25-28,30H2,1-4H3,(H,50,62)(H,52,56)(H,54,61)(H,55,60)/t41-,45+/m0/s1. The summed E-state index contributed by atoms with van der Waals surface area (Å²) in [4.78, 5) is 67.9. The molecule has 2 aromatic carbocycles. The number of H-pyrrole nitrogens is 1. The Morgan fingerprint density at radius 1 is 0.954 bits per heavy atom. The Morgan fingerprint density at radius 2 is 1.74 bits per heavy atom. The first kappa shape index (κ1) is 46.9. The maximum Gasteiger partial charge on any atom is 0.274 e. The van der Waals surface area contributed by atoms with E-state index in [1.54, 1.807) is 40.6 Å². The van der Waals surface area contributed by atoms with Gasteiger partial charge in [-0.3, -0.25) is 24.3 Å². The lowest BCUT2D eigenvalue weighted by Gasteiger charge is -2.35. The Kier molecular flexibility index (Phi) is 15.6. The fraction of sp³-hybridized carbons (Fsp3) is 0.449. The number of hydrogen-bond donors (Lipinski definition) is 5. The summed E-state index contributed by atoms with van der Waals surface area (Å²) in [6, 6.07) is 19.4. The van der Waals surface area contributed by atoms with Gasteiger partial charge in [0.25, 0.3) is 5.91 Å². The summed E-state index contributed by atoms with van der Waals surface area (Å²) in [6.45, 7) is 10.4. The van der Waals surface area contributed by atoms with Crippen molar-refractivity contribution in [3.63, 3.8) is 0 Å². The minimum absolute atomic E-state index is 0.182. The monoisotopic (exact) mass is 903 g/mol. The molecule has 2 aliphatic rings. The summed E-state index contributed by atoms with van der Waals surface area (Å²) in [7, 11) is 0. The molecule has 65 heavy (non-hydrogen) atoms. The number of aliphatic hydroxyl groups is 1. The Bertz CT molecular complexity index is 2390. The number of pyridine rings is 1. The molecule has 5 aromatic rings. The lowest BCUT2D eigenvalue weighted by molar-refractivity contribution is -0.143. The zero-order chi connectivity index (χ0) is 45.9. The molecule has 0 spiro atoms. The van der Waals surface area contributed by atoms with Gasteiger partial charge in [-0.15, -0.1) is 11.3 Å². The number of anilines is 2. The van der Waals surface area contributed by atoms with Crippen LogP contribution in [0.15, 0.2) is 78.4 Å². The maximum absolute atomic E-state index is 14.0. The number of aromatic nitrogens is 4. The summed E-state index contributed by atoms with van der Waals surface area (Å²) in [5.74, 6) is -0.268. The number of aryl methyl sites for hydroxylation is 1. The molecule has 344 valence electrons. The summed E-state index contributed by atoms with van der Waals surface area (Å²) in [6.07, 6.45) is 7.23. The van der Waals surface area contributed by atoms with Gasteiger partial charge in [-0.05, 0) is 92.3 Å². The second-order valence-electron chi connectivity index (χ2n) is 18.0. The molecule has 4 amide bonds. The highest BCUT2D eigenvalue weighted by Crippen LogP contribution is 2.34. The molecule has 2 fully saturated rings. The van der Waals surface area contributed by atoms with Crippen LogP contribution in [0.2, 0.25) is 0 Å². The van der Waals surface area contributed by atoms with Crippen molar-refractivity contribution in [3.05, 3.63) is 95.4 Å². The minimum Gasteiger partial charge on any atom is -0.494 e. The molecule has 2 aliphatic heterocycles. The van der Waals surface area contributed by atoms with Crippen molar-refractivity contribution in [2.24, 2.45) is 5.41 Å². The third kappa shape index (κ3) is 12.4. The number of nitrogens with zero attached hydrogens (tertiary/aromatic N) is 5. The van der Waals surface area contributed by atoms with Gasteiger partial charge in [0.1, 0.15) is 23.5 Å². The lowest BCUT2D eigenvalue weighted by atomic mass is 9.85. The van der Waals surface area contributed by atoms with Gasteiger partial charge in [-0.2, -0.15) is 5.10 Å². The van der Waals surface area contributed by atoms with E-state index in [-0.39, 0.29) is 41.8 Å². The summed E-state index contributed by atoms with van der Waals surface area (Å²) < 4.78 is 6.17. The zero-order valence-electron chi connectivity index (χ0n) is 37.8. The first-order valence-electron chi connectivity index (χ1n) is 22.7. The maximum atomic E-state index is 14.0. The molecule has 0 saturated carbocycles. The number of carbonyl (C=O) groups excluding carboxylic acids is 4. The van der Waals surface area contributed by atoms with Crippen LogP contribution >= 0.6 is 11.3 Å². The number of piperidine rings is 1. The summed E-state index contributed by atoms with van der Waals surface area (Å²) >= 11 is 1.60. The number of benzene rings is 2. The van der Waals surface area contributed by atoms with E-state index >= 15 is 0 Å². The van der Waals surface area contributed by atoms with E-state index in [1.165, 1.54) is 0 Å². The average Bonchev–Trinajstić information content (AvgIpc) is 4.11. The molecule has 7 rings (SSSR count).